The minimum atomic E-state index is -0.00960. The second kappa shape index (κ2) is 7.38. The number of nitrogens with one attached hydrogen (secondary N) is 1. The number of hydrogen-bond donors (Lipinski definition) is 1. The predicted octanol–water partition coefficient (Wildman–Crippen LogP) is 10.1. The number of furan rings is 1. The van der Waals surface area contributed by atoms with Crippen LogP contribution in [0.15, 0.2) is 71.1 Å². The van der Waals surface area contributed by atoms with Gasteiger partial charge in [-0.25, -0.2) is 0 Å². The van der Waals surface area contributed by atoms with Crippen molar-refractivity contribution in [3.63, 3.8) is 0 Å². The van der Waals surface area contributed by atoms with Crippen LogP contribution in [0.3, 0.4) is 0 Å². The van der Waals surface area contributed by atoms with E-state index >= 15 is 0 Å². The monoisotopic (exact) mass is 479 g/mol. The molecule has 0 spiro atoms. The molecule has 0 radical (unpaired) electrons. The molecule has 3 heteroatoms. The molecule has 0 aliphatic rings. The summed E-state index contributed by atoms with van der Waals surface area (Å²) >= 11 is 6.66. The van der Waals surface area contributed by atoms with Gasteiger partial charge in [0.1, 0.15) is 11.2 Å². The highest BCUT2D eigenvalue weighted by Gasteiger charge is 2.23. The molecule has 0 unspecified atom stereocenters. The lowest BCUT2D eigenvalue weighted by Gasteiger charge is -2.21. The first-order chi connectivity index (χ1) is 16.5. The van der Waals surface area contributed by atoms with Crippen LogP contribution in [0, 0.1) is 0 Å². The molecular weight excluding hydrogens is 450 g/mol. The fourth-order valence-electron chi connectivity index (χ4n) is 5.15. The van der Waals surface area contributed by atoms with Crippen molar-refractivity contribution in [2.24, 2.45) is 0 Å². The topological polar surface area (TPSA) is 28.9 Å². The van der Waals surface area contributed by atoms with Gasteiger partial charge in [0.2, 0.25) is 0 Å². The highest BCUT2D eigenvalue weighted by atomic mass is 35.5. The summed E-state index contributed by atoms with van der Waals surface area (Å²) in [6.45, 7) is 13.6. The molecule has 0 aliphatic carbocycles. The average Bonchev–Trinajstić information content (AvgIpc) is 3.34. The lowest BCUT2D eigenvalue weighted by atomic mass is 9.83. The van der Waals surface area contributed by atoms with Gasteiger partial charge in [0.25, 0.3) is 0 Å². The lowest BCUT2D eigenvalue weighted by molar-refractivity contribution is 0.590. The minimum Gasteiger partial charge on any atom is -0.456 e. The van der Waals surface area contributed by atoms with Gasteiger partial charge in [-0.15, -0.1) is 0 Å². The van der Waals surface area contributed by atoms with Crippen LogP contribution in [-0.4, -0.2) is 4.98 Å². The smallest absolute Gasteiger partial charge is 0.137 e. The first-order valence-electron chi connectivity index (χ1n) is 12.2. The van der Waals surface area contributed by atoms with Crippen molar-refractivity contribution in [1.29, 1.82) is 0 Å². The first-order valence-corrected chi connectivity index (χ1v) is 12.6. The Labute approximate surface area is 210 Å². The molecule has 2 aromatic heterocycles. The second-order valence-electron chi connectivity index (χ2n) is 11.8. The van der Waals surface area contributed by atoms with Crippen LogP contribution in [0.5, 0.6) is 0 Å². The molecule has 0 bridgehead atoms. The molecule has 0 aliphatic heterocycles. The van der Waals surface area contributed by atoms with Crippen molar-refractivity contribution < 1.29 is 4.42 Å². The molecule has 4 aromatic carbocycles. The maximum absolute atomic E-state index is 6.66. The molecule has 176 valence electrons. The zero-order chi connectivity index (χ0) is 24.7. The van der Waals surface area contributed by atoms with Crippen LogP contribution in [0.2, 0.25) is 5.02 Å². The maximum atomic E-state index is 6.66. The Hall–Kier alpha value is -3.23. The standard InChI is InChI=1S/C32H30ClNO/c1-31(2,3)18-11-12-26-22(13-18)24-14-19(32(4,5)6)15-25(30(24)34-26)23-16-20(33)17-28-29(23)21-9-7-8-10-27(21)35-28/h7-17,34H,1-6H3. The Morgan fingerprint density at radius 2 is 1.37 bits per heavy atom. The summed E-state index contributed by atoms with van der Waals surface area (Å²) in [7, 11) is 0. The molecule has 2 nitrogen and oxygen atoms in total. The zero-order valence-corrected chi connectivity index (χ0v) is 21.9. The molecule has 0 amide bonds. The van der Waals surface area contributed by atoms with E-state index in [1.807, 2.05) is 18.2 Å². The van der Waals surface area contributed by atoms with E-state index in [-0.39, 0.29) is 10.8 Å². The number of fused-ring (bicyclic) bond motifs is 6. The van der Waals surface area contributed by atoms with Gasteiger partial charge in [0, 0.05) is 43.7 Å². The number of hydrogen-bond acceptors (Lipinski definition) is 1. The number of halogens is 1. The van der Waals surface area contributed by atoms with Gasteiger partial charge in [-0.2, -0.15) is 0 Å². The zero-order valence-electron chi connectivity index (χ0n) is 21.1. The van der Waals surface area contributed by atoms with Gasteiger partial charge in [-0.3, -0.25) is 0 Å². The van der Waals surface area contributed by atoms with Gasteiger partial charge in [-0.05, 0) is 63.9 Å². The molecule has 0 saturated heterocycles. The summed E-state index contributed by atoms with van der Waals surface area (Å²) in [6, 6.07) is 23.7. The quantitative estimate of drug-likeness (QED) is 0.249. The van der Waals surface area contributed by atoms with Crippen LogP contribution in [-0.2, 0) is 10.8 Å². The van der Waals surface area contributed by atoms with E-state index in [1.54, 1.807) is 0 Å². The van der Waals surface area contributed by atoms with Gasteiger partial charge < -0.3 is 9.40 Å². The lowest BCUT2D eigenvalue weighted by Crippen LogP contribution is -2.11. The van der Waals surface area contributed by atoms with Crippen LogP contribution in [0.1, 0.15) is 52.7 Å². The van der Waals surface area contributed by atoms with Gasteiger partial charge >= 0.3 is 0 Å². The Morgan fingerprint density at radius 3 is 2.11 bits per heavy atom. The predicted molar refractivity (Wildman–Crippen MR) is 151 cm³/mol. The molecular formula is C32H30ClNO. The van der Waals surface area contributed by atoms with E-state index in [1.165, 1.54) is 21.9 Å². The molecule has 0 saturated carbocycles. The summed E-state index contributed by atoms with van der Waals surface area (Å²) in [4.78, 5) is 3.75. The van der Waals surface area contributed by atoms with E-state index in [0.717, 1.165) is 44.1 Å². The third-order valence-corrected chi connectivity index (χ3v) is 7.39. The number of para-hydroxylation sites is 1. The summed E-state index contributed by atoms with van der Waals surface area (Å²) < 4.78 is 6.22. The maximum Gasteiger partial charge on any atom is 0.137 e. The van der Waals surface area contributed by atoms with E-state index in [0.29, 0.717) is 5.02 Å². The van der Waals surface area contributed by atoms with E-state index in [4.69, 9.17) is 16.0 Å². The van der Waals surface area contributed by atoms with Gasteiger partial charge in [0.05, 0.1) is 5.52 Å². The summed E-state index contributed by atoms with van der Waals surface area (Å²) in [5, 5.41) is 5.39. The minimum absolute atomic E-state index is 0.00960. The molecule has 35 heavy (non-hydrogen) atoms. The van der Waals surface area contributed by atoms with Gasteiger partial charge in [0.15, 0.2) is 0 Å². The largest absolute Gasteiger partial charge is 0.456 e. The highest BCUT2D eigenvalue weighted by molar-refractivity contribution is 6.32. The Kier molecular flexibility index (Phi) is 4.69. The van der Waals surface area contributed by atoms with Crippen LogP contribution < -0.4 is 0 Å². The molecule has 0 atom stereocenters. The van der Waals surface area contributed by atoms with Crippen LogP contribution >= 0.6 is 11.6 Å². The summed E-state index contributed by atoms with van der Waals surface area (Å²) in [5.74, 6) is 0. The number of H-pyrrole nitrogens is 1. The van der Waals surface area contributed by atoms with Crippen molar-refractivity contribution >= 4 is 55.3 Å². The van der Waals surface area contributed by atoms with E-state index < -0.39 is 0 Å². The summed E-state index contributed by atoms with van der Waals surface area (Å²) in [5.41, 5.74) is 8.92. The number of rotatable bonds is 1. The van der Waals surface area contributed by atoms with Gasteiger partial charge in [-0.1, -0.05) is 77.4 Å². The van der Waals surface area contributed by atoms with Crippen molar-refractivity contribution in [2.75, 3.05) is 0 Å². The Morgan fingerprint density at radius 1 is 0.657 bits per heavy atom. The van der Waals surface area contributed by atoms with Crippen molar-refractivity contribution in [3.05, 3.63) is 82.9 Å². The van der Waals surface area contributed by atoms with Crippen molar-refractivity contribution in [3.8, 4) is 11.1 Å². The number of aromatic amines is 1. The van der Waals surface area contributed by atoms with Crippen molar-refractivity contribution in [1.82, 2.24) is 4.98 Å². The first kappa shape index (κ1) is 22.2. The average molecular weight is 480 g/mol. The number of aromatic nitrogens is 1. The third-order valence-electron chi connectivity index (χ3n) is 7.17. The Bertz CT molecular complexity index is 1770. The van der Waals surface area contributed by atoms with E-state index in [9.17, 15) is 0 Å². The highest BCUT2D eigenvalue weighted by Crippen LogP contribution is 2.44. The fraction of sp³-hybridized carbons (Fsp3) is 0.250. The molecule has 6 aromatic rings. The molecule has 2 heterocycles. The van der Waals surface area contributed by atoms with E-state index in [2.05, 4.69) is 95.1 Å². The summed E-state index contributed by atoms with van der Waals surface area (Å²) in [6.07, 6.45) is 0. The second-order valence-corrected chi connectivity index (χ2v) is 12.2. The van der Waals surface area contributed by atoms with Crippen molar-refractivity contribution in [2.45, 2.75) is 52.4 Å². The Balaban J connectivity index is 1.78. The SMILES string of the molecule is CC(C)(C)c1ccc2[nH]c3c(-c4cc(Cl)cc5oc6ccccc6c45)cc(C(C)(C)C)cc3c2c1. The number of benzene rings is 4. The van der Waals surface area contributed by atoms with Crippen LogP contribution in [0.25, 0.3) is 54.9 Å². The third kappa shape index (κ3) is 3.54. The fourth-order valence-corrected chi connectivity index (χ4v) is 5.35. The van der Waals surface area contributed by atoms with Crippen LogP contribution in [0.4, 0.5) is 0 Å². The molecule has 1 N–H and O–H groups in total. The molecule has 0 fully saturated rings. The molecule has 6 rings (SSSR count). The normalized spacial score (nSPS) is 13.0.